The Labute approximate surface area is 219 Å². The summed E-state index contributed by atoms with van der Waals surface area (Å²) in [4.78, 5) is 12.5. The summed E-state index contributed by atoms with van der Waals surface area (Å²) in [7, 11) is 0. The molecule has 4 saturated carbocycles. The van der Waals surface area contributed by atoms with E-state index in [0.717, 1.165) is 51.4 Å². The molecule has 10 unspecified atom stereocenters. The minimum atomic E-state index is -1.07. The molecule has 0 spiro atoms. The van der Waals surface area contributed by atoms with Gasteiger partial charge in [0.25, 0.3) is 0 Å². The van der Waals surface area contributed by atoms with Gasteiger partial charge in [0.1, 0.15) is 0 Å². The molecule has 4 fully saturated rings. The summed E-state index contributed by atoms with van der Waals surface area (Å²) < 4.78 is 0. The monoisotopic (exact) mass is 498 g/mol. The Bertz CT molecular complexity index is 964. The van der Waals surface area contributed by atoms with E-state index in [0.29, 0.717) is 18.3 Å². The number of aliphatic hydroxyl groups excluding tert-OH is 2. The lowest BCUT2D eigenvalue weighted by Crippen LogP contribution is -2.66. The number of carbonyl (C=O) groups is 1. The maximum atomic E-state index is 12.5. The number of fused-ring (bicyclic) bond motifs is 7. The van der Waals surface area contributed by atoms with Crippen molar-refractivity contribution >= 4 is 5.97 Å². The maximum Gasteiger partial charge on any atom is 0.312 e. The van der Waals surface area contributed by atoms with Crippen LogP contribution in [0.2, 0.25) is 0 Å². The van der Waals surface area contributed by atoms with Gasteiger partial charge in [0.05, 0.1) is 17.6 Å². The Morgan fingerprint density at radius 3 is 2.08 bits per heavy atom. The predicted octanol–water partition coefficient (Wildman–Crippen LogP) is 6.45. The van der Waals surface area contributed by atoms with Crippen molar-refractivity contribution in [3.8, 4) is 12.8 Å². The lowest BCUT2D eigenvalue weighted by atomic mass is 9.33. The van der Waals surface area contributed by atoms with E-state index in [9.17, 15) is 20.1 Å². The van der Waals surface area contributed by atoms with E-state index >= 15 is 0 Å². The number of hydrogen-bond acceptors (Lipinski definition) is 3. The highest BCUT2D eigenvalue weighted by Crippen LogP contribution is 2.75. The van der Waals surface area contributed by atoms with E-state index in [-0.39, 0.29) is 39.1 Å². The van der Waals surface area contributed by atoms with Crippen molar-refractivity contribution in [3.63, 3.8) is 0 Å². The summed E-state index contributed by atoms with van der Waals surface area (Å²) >= 11 is 0. The highest BCUT2D eigenvalue weighted by Gasteiger charge is 2.70. The number of aliphatic hydroxyl groups is 2. The van der Waals surface area contributed by atoms with Crippen LogP contribution in [-0.2, 0) is 4.79 Å². The van der Waals surface area contributed by atoms with Gasteiger partial charge in [0.2, 0.25) is 0 Å². The summed E-state index contributed by atoms with van der Waals surface area (Å²) in [6.45, 7) is 16.2. The van der Waals surface area contributed by atoms with Crippen molar-refractivity contribution in [1.82, 2.24) is 0 Å². The molecule has 10 atom stereocenters. The quantitative estimate of drug-likeness (QED) is 0.287. The average molecular weight is 499 g/mol. The Morgan fingerprint density at radius 1 is 0.833 bits per heavy atom. The third kappa shape index (κ3) is 3.30. The largest absolute Gasteiger partial charge is 0.481 e. The first-order valence-corrected chi connectivity index (χ1v) is 14.2. The maximum absolute atomic E-state index is 12.5. The van der Waals surface area contributed by atoms with Gasteiger partial charge in [-0.05, 0) is 104 Å². The lowest BCUT2D eigenvalue weighted by Gasteiger charge is -2.71. The van der Waals surface area contributed by atoms with Crippen LogP contribution >= 0.6 is 0 Å². The molecule has 4 heteroatoms. The second-order valence-corrected chi connectivity index (χ2v) is 15.1. The molecule has 5 aliphatic carbocycles. The molecule has 0 saturated heterocycles. The summed E-state index contributed by atoms with van der Waals surface area (Å²) in [6.07, 6.45) is 18.1. The summed E-state index contributed by atoms with van der Waals surface area (Å²) in [5.74, 6) is 0.0159. The van der Waals surface area contributed by atoms with Crippen LogP contribution in [0.15, 0.2) is 11.6 Å². The zero-order chi connectivity index (χ0) is 27.1. The summed E-state index contributed by atoms with van der Waals surface area (Å²) in [5.41, 5.74) is 0.743. The molecule has 0 bridgehead atoms. The van der Waals surface area contributed by atoms with Gasteiger partial charge < -0.3 is 15.3 Å². The van der Waals surface area contributed by atoms with E-state index < -0.39 is 17.5 Å². The number of terminal acetylenes is 1. The van der Waals surface area contributed by atoms with E-state index in [2.05, 4.69) is 60.5 Å². The van der Waals surface area contributed by atoms with E-state index in [1.807, 2.05) is 6.92 Å². The van der Waals surface area contributed by atoms with Gasteiger partial charge in [0.15, 0.2) is 0 Å². The Morgan fingerprint density at radius 2 is 1.47 bits per heavy atom. The normalized spacial score (nSPS) is 53.2. The molecule has 0 aromatic rings. The fraction of sp³-hybridized carbons (Fsp3) is 0.844. The SMILES string of the molecule is C#C.CC1(C)CC(O)C2(C)CCC3(C)C(=CCC4C5(C)CCC(O)C(C)(C(=O)O)C5CCC43C)C2C1. The number of carboxylic acid groups (broad SMARTS) is 1. The van der Waals surface area contributed by atoms with Crippen molar-refractivity contribution in [2.24, 2.45) is 50.2 Å². The minimum absolute atomic E-state index is 0.00201. The molecular weight excluding hydrogens is 448 g/mol. The molecule has 3 N–H and O–H groups in total. The van der Waals surface area contributed by atoms with Gasteiger partial charge in [-0.15, -0.1) is 12.8 Å². The van der Waals surface area contributed by atoms with Crippen LogP contribution in [0.25, 0.3) is 0 Å². The molecule has 5 aliphatic rings. The Kier molecular flexibility index (Phi) is 6.42. The summed E-state index contributed by atoms with van der Waals surface area (Å²) in [6, 6.07) is 0. The summed E-state index contributed by atoms with van der Waals surface area (Å²) in [5, 5.41) is 32.4. The molecule has 0 aromatic heterocycles. The molecule has 0 aliphatic heterocycles. The molecule has 0 radical (unpaired) electrons. The van der Waals surface area contributed by atoms with Crippen LogP contribution < -0.4 is 0 Å². The van der Waals surface area contributed by atoms with Gasteiger partial charge in [0, 0.05) is 5.41 Å². The van der Waals surface area contributed by atoms with E-state index in [4.69, 9.17) is 0 Å². The number of allylic oxidation sites excluding steroid dienone is 2. The molecule has 0 aromatic carbocycles. The Balaban J connectivity index is 0.00000148. The second-order valence-electron chi connectivity index (χ2n) is 15.1. The molecule has 5 rings (SSSR count). The van der Waals surface area contributed by atoms with Crippen LogP contribution in [0.4, 0.5) is 0 Å². The average Bonchev–Trinajstić information content (AvgIpc) is 2.79. The molecule has 0 heterocycles. The van der Waals surface area contributed by atoms with Gasteiger partial charge in [-0.3, -0.25) is 4.79 Å². The predicted molar refractivity (Wildman–Crippen MR) is 144 cm³/mol. The van der Waals surface area contributed by atoms with Crippen molar-refractivity contribution in [2.45, 2.75) is 118 Å². The van der Waals surface area contributed by atoms with Crippen molar-refractivity contribution < 1.29 is 20.1 Å². The smallest absolute Gasteiger partial charge is 0.312 e. The standard InChI is InChI=1S/C30H48O4.C2H2/c1-25(2)16-19-18-8-9-20-27(4)12-11-22(31)30(7,24(33)34)21(27)10-13-29(20,6)28(18,5)15-14-26(19,3)23(32)17-25;1-2/h8,19-23,31-32H,9-17H2,1-7H3,(H,33,34);1-2H. The van der Waals surface area contributed by atoms with Crippen LogP contribution in [0.5, 0.6) is 0 Å². The first-order valence-electron chi connectivity index (χ1n) is 14.2. The van der Waals surface area contributed by atoms with Crippen LogP contribution in [-0.4, -0.2) is 33.5 Å². The molecular formula is C32H50O4. The molecule has 0 amide bonds. The Hall–Kier alpha value is -1.31. The van der Waals surface area contributed by atoms with Gasteiger partial charge in [-0.2, -0.15) is 0 Å². The molecule has 4 nitrogen and oxygen atoms in total. The number of carboxylic acids is 1. The van der Waals surface area contributed by atoms with Crippen molar-refractivity contribution in [1.29, 1.82) is 0 Å². The topological polar surface area (TPSA) is 77.8 Å². The van der Waals surface area contributed by atoms with E-state index in [1.165, 1.54) is 0 Å². The highest BCUT2D eigenvalue weighted by atomic mass is 16.4. The number of aliphatic carboxylic acids is 1. The third-order valence-corrected chi connectivity index (χ3v) is 13.2. The van der Waals surface area contributed by atoms with Crippen LogP contribution in [0, 0.1) is 63.1 Å². The zero-order valence-electron chi connectivity index (χ0n) is 23.7. The molecule has 36 heavy (non-hydrogen) atoms. The fourth-order valence-corrected chi connectivity index (χ4v) is 10.7. The van der Waals surface area contributed by atoms with Gasteiger partial charge >= 0.3 is 5.97 Å². The minimum Gasteiger partial charge on any atom is -0.481 e. The van der Waals surface area contributed by atoms with Gasteiger partial charge in [-0.1, -0.05) is 53.2 Å². The van der Waals surface area contributed by atoms with Crippen LogP contribution in [0.3, 0.4) is 0 Å². The van der Waals surface area contributed by atoms with Crippen molar-refractivity contribution in [3.05, 3.63) is 11.6 Å². The third-order valence-electron chi connectivity index (χ3n) is 13.2. The van der Waals surface area contributed by atoms with E-state index in [1.54, 1.807) is 5.57 Å². The van der Waals surface area contributed by atoms with Crippen LogP contribution in [0.1, 0.15) is 106 Å². The highest BCUT2D eigenvalue weighted by molar-refractivity contribution is 5.76. The fourth-order valence-electron chi connectivity index (χ4n) is 10.7. The first kappa shape index (κ1) is 27.7. The second kappa shape index (κ2) is 8.34. The van der Waals surface area contributed by atoms with Crippen molar-refractivity contribution in [2.75, 3.05) is 0 Å². The number of rotatable bonds is 1. The number of hydrogen-bond donors (Lipinski definition) is 3. The lowest BCUT2D eigenvalue weighted by molar-refractivity contribution is -0.219. The first-order chi connectivity index (χ1) is 16.6. The molecule has 202 valence electrons. The zero-order valence-corrected chi connectivity index (χ0v) is 23.7. The van der Waals surface area contributed by atoms with Gasteiger partial charge in [-0.25, -0.2) is 0 Å².